The first-order valence-electron chi connectivity index (χ1n) is 9.56. The zero-order valence-corrected chi connectivity index (χ0v) is 15.7. The second-order valence-corrected chi connectivity index (χ2v) is 6.67. The first kappa shape index (κ1) is 19.0. The summed E-state index contributed by atoms with van der Waals surface area (Å²) in [7, 11) is 0. The number of carbonyl (C=O) groups excluding carboxylic acids is 2. The minimum atomic E-state index is -0.146. The molecule has 3 rings (SSSR count). The summed E-state index contributed by atoms with van der Waals surface area (Å²) >= 11 is 0. The molecular formula is C22H26N2O3. The van der Waals surface area contributed by atoms with E-state index in [1.54, 1.807) is 24.3 Å². The van der Waals surface area contributed by atoms with Crippen LogP contribution in [0.25, 0.3) is 0 Å². The molecule has 0 aliphatic carbocycles. The van der Waals surface area contributed by atoms with E-state index in [4.69, 9.17) is 4.74 Å². The van der Waals surface area contributed by atoms with Crippen LogP contribution in [0.1, 0.15) is 43.0 Å². The van der Waals surface area contributed by atoms with E-state index in [0.717, 1.165) is 30.2 Å². The molecule has 1 aliphatic rings. The van der Waals surface area contributed by atoms with Gasteiger partial charge in [-0.1, -0.05) is 6.07 Å². The lowest BCUT2D eigenvalue weighted by Gasteiger charge is -2.18. The zero-order chi connectivity index (χ0) is 19.1. The Bertz CT molecular complexity index is 780. The third-order valence-electron chi connectivity index (χ3n) is 4.67. The molecule has 1 aliphatic heterocycles. The predicted molar refractivity (Wildman–Crippen MR) is 108 cm³/mol. The summed E-state index contributed by atoms with van der Waals surface area (Å²) in [5.41, 5.74) is 2.51. The summed E-state index contributed by atoms with van der Waals surface area (Å²) in [4.78, 5) is 26.8. The first-order valence-corrected chi connectivity index (χ1v) is 9.56. The van der Waals surface area contributed by atoms with Gasteiger partial charge in [0.2, 0.25) is 5.91 Å². The van der Waals surface area contributed by atoms with Crippen molar-refractivity contribution in [2.45, 2.75) is 32.6 Å². The Morgan fingerprint density at radius 2 is 1.78 bits per heavy atom. The molecule has 0 spiro atoms. The van der Waals surface area contributed by atoms with Crippen LogP contribution in [-0.4, -0.2) is 31.4 Å². The van der Waals surface area contributed by atoms with E-state index in [9.17, 15) is 9.59 Å². The lowest BCUT2D eigenvalue weighted by molar-refractivity contribution is -0.116. The Morgan fingerprint density at radius 3 is 2.48 bits per heavy atom. The Labute approximate surface area is 160 Å². The monoisotopic (exact) mass is 366 g/mol. The lowest BCUT2D eigenvalue weighted by atomic mass is 10.1. The molecule has 2 aromatic rings. The predicted octanol–water partition coefficient (Wildman–Crippen LogP) is 4.29. The lowest BCUT2D eigenvalue weighted by Crippen LogP contribution is -2.18. The van der Waals surface area contributed by atoms with Crippen LogP contribution in [0, 0.1) is 0 Å². The van der Waals surface area contributed by atoms with E-state index in [0.29, 0.717) is 12.2 Å². The maximum Gasteiger partial charge on any atom is 0.224 e. The van der Waals surface area contributed by atoms with Crippen molar-refractivity contribution in [3.63, 3.8) is 0 Å². The molecule has 27 heavy (non-hydrogen) atoms. The molecular weight excluding hydrogens is 340 g/mol. The molecule has 5 heteroatoms. The topological polar surface area (TPSA) is 58.6 Å². The van der Waals surface area contributed by atoms with Gasteiger partial charge < -0.3 is 15.0 Å². The number of anilines is 2. The minimum Gasteiger partial charge on any atom is -0.494 e. The van der Waals surface area contributed by atoms with Gasteiger partial charge in [0.25, 0.3) is 0 Å². The van der Waals surface area contributed by atoms with Crippen molar-refractivity contribution >= 4 is 23.1 Å². The van der Waals surface area contributed by atoms with Gasteiger partial charge in [-0.2, -0.15) is 0 Å². The standard InChI is InChI=1S/C22H26N2O3/c1-2-27-20-10-8-17(9-11-20)21(25)12-13-22(26)23-18-6-5-7-19(16-18)24-14-3-4-15-24/h5-11,16H,2-4,12-15H2,1H3,(H,23,26). The van der Waals surface area contributed by atoms with E-state index in [1.807, 2.05) is 25.1 Å². The Morgan fingerprint density at radius 1 is 1.04 bits per heavy atom. The van der Waals surface area contributed by atoms with Gasteiger partial charge in [0.15, 0.2) is 5.78 Å². The van der Waals surface area contributed by atoms with Gasteiger partial charge in [0.05, 0.1) is 6.61 Å². The van der Waals surface area contributed by atoms with Crippen molar-refractivity contribution < 1.29 is 14.3 Å². The second-order valence-electron chi connectivity index (χ2n) is 6.67. The zero-order valence-electron chi connectivity index (χ0n) is 15.7. The molecule has 0 bridgehead atoms. The van der Waals surface area contributed by atoms with Gasteiger partial charge in [0.1, 0.15) is 5.75 Å². The Balaban J connectivity index is 1.50. The van der Waals surface area contributed by atoms with Crippen LogP contribution in [0.2, 0.25) is 0 Å². The smallest absolute Gasteiger partial charge is 0.224 e. The summed E-state index contributed by atoms with van der Waals surface area (Å²) in [5, 5.41) is 2.90. The van der Waals surface area contributed by atoms with E-state index < -0.39 is 0 Å². The summed E-state index contributed by atoms with van der Waals surface area (Å²) < 4.78 is 5.37. The Hall–Kier alpha value is -2.82. The number of rotatable bonds is 8. The SMILES string of the molecule is CCOc1ccc(C(=O)CCC(=O)Nc2cccc(N3CCCC3)c2)cc1. The third kappa shape index (κ3) is 5.33. The molecule has 0 aromatic heterocycles. The van der Waals surface area contributed by atoms with E-state index in [2.05, 4.69) is 16.3 Å². The largest absolute Gasteiger partial charge is 0.494 e. The van der Waals surface area contributed by atoms with E-state index in [1.165, 1.54) is 12.8 Å². The summed E-state index contributed by atoms with van der Waals surface area (Å²) in [5.74, 6) is 0.552. The number of ketones is 1. The first-order chi connectivity index (χ1) is 13.2. The quantitative estimate of drug-likeness (QED) is 0.708. The molecule has 1 heterocycles. The minimum absolute atomic E-state index is 0.0426. The van der Waals surface area contributed by atoms with Crippen molar-refractivity contribution in [1.29, 1.82) is 0 Å². The average Bonchev–Trinajstić information content (AvgIpc) is 3.22. The molecule has 1 N–H and O–H groups in total. The van der Waals surface area contributed by atoms with Gasteiger partial charge >= 0.3 is 0 Å². The molecule has 0 unspecified atom stereocenters. The number of nitrogens with one attached hydrogen (secondary N) is 1. The van der Waals surface area contributed by atoms with E-state index >= 15 is 0 Å². The molecule has 0 saturated carbocycles. The average molecular weight is 366 g/mol. The van der Waals surface area contributed by atoms with Crippen molar-refractivity contribution in [1.82, 2.24) is 0 Å². The van der Waals surface area contributed by atoms with Crippen molar-refractivity contribution in [3.05, 3.63) is 54.1 Å². The highest BCUT2D eigenvalue weighted by atomic mass is 16.5. The fourth-order valence-electron chi connectivity index (χ4n) is 3.25. The number of Topliss-reactive ketones (excluding diaryl/α,β-unsaturated/α-hetero) is 1. The highest BCUT2D eigenvalue weighted by Gasteiger charge is 2.13. The van der Waals surface area contributed by atoms with Crippen molar-refractivity contribution in [2.24, 2.45) is 0 Å². The fraction of sp³-hybridized carbons (Fsp3) is 0.364. The fourth-order valence-corrected chi connectivity index (χ4v) is 3.25. The molecule has 1 saturated heterocycles. The summed E-state index contributed by atoms with van der Waals surface area (Å²) in [6.07, 6.45) is 2.78. The molecule has 5 nitrogen and oxygen atoms in total. The molecule has 142 valence electrons. The number of carbonyl (C=O) groups is 2. The highest BCUT2D eigenvalue weighted by Crippen LogP contribution is 2.23. The number of hydrogen-bond donors (Lipinski definition) is 1. The summed E-state index contributed by atoms with van der Waals surface area (Å²) in [6.45, 7) is 4.63. The van der Waals surface area contributed by atoms with Gasteiger partial charge in [-0.15, -0.1) is 0 Å². The van der Waals surface area contributed by atoms with Crippen LogP contribution in [0.15, 0.2) is 48.5 Å². The number of amides is 1. The van der Waals surface area contributed by atoms with Gasteiger partial charge in [-0.3, -0.25) is 9.59 Å². The van der Waals surface area contributed by atoms with Crippen LogP contribution >= 0.6 is 0 Å². The maximum atomic E-state index is 12.3. The van der Waals surface area contributed by atoms with Crippen LogP contribution in [0.3, 0.4) is 0 Å². The summed E-state index contributed by atoms with van der Waals surface area (Å²) in [6, 6.07) is 14.9. The Kier molecular flexibility index (Phi) is 6.47. The normalized spacial score (nSPS) is 13.4. The molecule has 0 atom stereocenters. The van der Waals surface area contributed by atoms with Crippen molar-refractivity contribution in [3.8, 4) is 5.75 Å². The number of benzene rings is 2. The van der Waals surface area contributed by atoms with Gasteiger partial charge in [-0.05, 0) is 62.2 Å². The van der Waals surface area contributed by atoms with Gasteiger partial charge in [0, 0.05) is 42.9 Å². The highest BCUT2D eigenvalue weighted by molar-refractivity contribution is 6.00. The molecule has 1 fully saturated rings. The van der Waals surface area contributed by atoms with Crippen LogP contribution < -0.4 is 15.0 Å². The van der Waals surface area contributed by atoms with Gasteiger partial charge in [-0.25, -0.2) is 0 Å². The second kappa shape index (κ2) is 9.21. The van der Waals surface area contributed by atoms with Crippen LogP contribution in [0.4, 0.5) is 11.4 Å². The van der Waals surface area contributed by atoms with Crippen molar-refractivity contribution in [2.75, 3.05) is 29.9 Å². The maximum absolute atomic E-state index is 12.3. The number of ether oxygens (including phenoxy) is 1. The molecule has 1 amide bonds. The van der Waals surface area contributed by atoms with E-state index in [-0.39, 0.29) is 24.5 Å². The molecule has 0 radical (unpaired) electrons. The third-order valence-corrected chi connectivity index (χ3v) is 4.67. The van der Waals surface area contributed by atoms with Crippen LogP contribution in [0.5, 0.6) is 5.75 Å². The number of nitrogens with zero attached hydrogens (tertiary/aromatic N) is 1. The number of hydrogen-bond acceptors (Lipinski definition) is 4. The molecule has 2 aromatic carbocycles. The van der Waals surface area contributed by atoms with Crippen LogP contribution in [-0.2, 0) is 4.79 Å².